The van der Waals surface area contributed by atoms with Gasteiger partial charge in [0.05, 0.1) is 0 Å². The fourth-order valence-corrected chi connectivity index (χ4v) is 3.00. The van der Waals surface area contributed by atoms with Gasteiger partial charge in [-0.1, -0.05) is 19.8 Å². The van der Waals surface area contributed by atoms with Gasteiger partial charge >= 0.3 is 5.97 Å². The van der Waals surface area contributed by atoms with E-state index in [0.717, 1.165) is 31.8 Å². The van der Waals surface area contributed by atoms with Crippen LogP contribution in [0, 0.1) is 11.8 Å². The molecular weight excluding hydrogens is 202 g/mol. The van der Waals surface area contributed by atoms with Crippen LogP contribution in [-0.2, 0) is 4.79 Å². The molecular formula is C13H23NO2. The predicted molar refractivity (Wildman–Crippen MR) is 63.4 cm³/mol. The number of hydrogen-bond donors (Lipinski definition) is 1. The topological polar surface area (TPSA) is 40.5 Å². The summed E-state index contributed by atoms with van der Waals surface area (Å²) >= 11 is 0. The Balaban J connectivity index is 1.84. The van der Waals surface area contributed by atoms with Gasteiger partial charge in [-0.15, -0.1) is 0 Å². The van der Waals surface area contributed by atoms with Gasteiger partial charge in [-0.3, -0.25) is 9.69 Å². The molecule has 1 aliphatic carbocycles. The minimum atomic E-state index is -0.601. The van der Waals surface area contributed by atoms with Gasteiger partial charge < -0.3 is 5.11 Å². The normalized spacial score (nSPS) is 25.6. The average Bonchev–Trinajstić information content (AvgIpc) is 3.05. The molecule has 2 rings (SSSR count). The van der Waals surface area contributed by atoms with Crippen LogP contribution in [0.25, 0.3) is 0 Å². The monoisotopic (exact) mass is 225 g/mol. The number of piperidine rings is 1. The Bertz CT molecular complexity index is 242. The largest absolute Gasteiger partial charge is 0.480 e. The van der Waals surface area contributed by atoms with E-state index in [1.165, 1.54) is 25.7 Å². The number of nitrogens with zero attached hydrogens (tertiary/aromatic N) is 1. The summed E-state index contributed by atoms with van der Waals surface area (Å²) in [4.78, 5) is 13.5. The van der Waals surface area contributed by atoms with Gasteiger partial charge in [0, 0.05) is 0 Å². The quantitative estimate of drug-likeness (QED) is 0.781. The van der Waals surface area contributed by atoms with Crippen molar-refractivity contribution < 1.29 is 9.90 Å². The maximum absolute atomic E-state index is 11.2. The summed E-state index contributed by atoms with van der Waals surface area (Å²) in [5.74, 6) is 0.687. The third-order valence-corrected chi connectivity index (χ3v) is 4.06. The fourth-order valence-electron chi connectivity index (χ4n) is 3.00. The molecule has 92 valence electrons. The minimum Gasteiger partial charge on any atom is -0.480 e. The molecule has 1 saturated carbocycles. The molecule has 0 bridgehead atoms. The average molecular weight is 225 g/mol. The van der Waals surface area contributed by atoms with Crippen molar-refractivity contribution in [3.05, 3.63) is 0 Å². The van der Waals surface area contributed by atoms with Crippen molar-refractivity contribution in [3.8, 4) is 0 Å². The number of carboxylic acid groups (broad SMARTS) is 1. The van der Waals surface area contributed by atoms with Crippen LogP contribution in [0.1, 0.15) is 45.4 Å². The van der Waals surface area contributed by atoms with Gasteiger partial charge in [0.15, 0.2) is 0 Å². The van der Waals surface area contributed by atoms with Gasteiger partial charge in [0.25, 0.3) is 0 Å². The zero-order valence-electron chi connectivity index (χ0n) is 10.2. The van der Waals surface area contributed by atoms with Crippen LogP contribution in [0.4, 0.5) is 0 Å². The summed E-state index contributed by atoms with van der Waals surface area (Å²) in [6, 6.07) is -0.178. The van der Waals surface area contributed by atoms with Crippen molar-refractivity contribution in [2.75, 3.05) is 13.1 Å². The third kappa shape index (κ3) is 2.76. The lowest BCUT2D eigenvalue weighted by Crippen LogP contribution is -2.46. The number of hydrogen-bond acceptors (Lipinski definition) is 2. The Labute approximate surface area is 97.8 Å². The van der Waals surface area contributed by atoms with Crippen LogP contribution in [0.2, 0.25) is 0 Å². The molecule has 0 radical (unpaired) electrons. The lowest BCUT2D eigenvalue weighted by atomic mass is 9.91. The van der Waals surface area contributed by atoms with E-state index in [-0.39, 0.29) is 6.04 Å². The summed E-state index contributed by atoms with van der Waals surface area (Å²) in [5, 5.41) is 9.26. The van der Waals surface area contributed by atoms with E-state index in [4.69, 9.17) is 0 Å². The summed E-state index contributed by atoms with van der Waals surface area (Å²) in [7, 11) is 0. The van der Waals surface area contributed by atoms with Crippen molar-refractivity contribution in [1.82, 2.24) is 4.90 Å². The third-order valence-electron chi connectivity index (χ3n) is 4.06. The van der Waals surface area contributed by atoms with Crippen LogP contribution in [0.15, 0.2) is 0 Å². The highest BCUT2D eigenvalue weighted by molar-refractivity contribution is 5.74. The van der Waals surface area contributed by atoms with Crippen LogP contribution >= 0.6 is 0 Å². The Morgan fingerprint density at radius 3 is 2.38 bits per heavy atom. The molecule has 2 aliphatic rings. The van der Waals surface area contributed by atoms with Gasteiger partial charge in [0.2, 0.25) is 0 Å². The molecule has 0 aromatic carbocycles. The molecule has 1 aliphatic heterocycles. The molecule has 0 spiro atoms. The number of rotatable bonds is 5. The van der Waals surface area contributed by atoms with Gasteiger partial charge in [-0.2, -0.15) is 0 Å². The second-order valence-corrected chi connectivity index (χ2v) is 5.39. The smallest absolute Gasteiger partial charge is 0.321 e. The lowest BCUT2D eigenvalue weighted by molar-refractivity contribution is -0.144. The SMILES string of the molecule is CCCC1CCN(C(C(=O)O)C2CC2)CC1. The lowest BCUT2D eigenvalue weighted by Gasteiger charge is -2.35. The van der Waals surface area contributed by atoms with Crippen LogP contribution in [0.5, 0.6) is 0 Å². The maximum atomic E-state index is 11.2. The van der Waals surface area contributed by atoms with Gasteiger partial charge in [0.1, 0.15) is 6.04 Å². The van der Waals surface area contributed by atoms with Crippen LogP contribution < -0.4 is 0 Å². The Morgan fingerprint density at radius 2 is 1.94 bits per heavy atom. The summed E-state index contributed by atoms with van der Waals surface area (Å²) in [6.45, 7) is 4.23. The van der Waals surface area contributed by atoms with Crippen molar-refractivity contribution in [2.45, 2.75) is 51.5 Å². The molecule has 1 atom stereocenters. The Morgan fingerprint density at radius 1 is 1.31 bits per heavy atom. The molecule has 1 N–H and O–H groups in total. The number of carbonyl (C=O) groups is 1. The van der Waals surface area contributed by atoms with Crippen molar-refractivity contribution in [3.63, 3.8) is 0 Å². The fraction of sp³-hybridized carbons (Fsp3) is 0.923. The number of aliphatic carboxylic acids is 1. The number of carboxylic acids is 1. The molecule has 0 amide bonds. The summed E-state index contributed by atoms with van der Waals surface area (Å²) in [5.41, 5.74) is 0. The first kappa shape index (κ1) is 11.9. The molecule has 3 heteroatoms. The van der Waals surface area contributed by atoms with Crippen LogP contribution in [-0.4, -0.2) is 35.1 Å². The maximum Gasteiger partial charge on any atom is 0.321 e. The van der Waals surface area contributed by atoms with E-state index in [2.05, 4.69) is 11.8 Å². The predicted octanol–water partition coefficient (Wildman–Crippen LogP) is 2.36. The standard InChI is InChI=1S/C13H23NO2/c1-2-3-10-6-8-14(9-7-10)12(13(15)16)11-4-5-11/h10-12H,2-9H2,1H3,(H,15,16). The molecule has 0 aromatic heterocycles. The van der Waals surface area contributed by atoms with Gasteiger partial charge in [-0.05, 0) is 50.6 Å². The molecule has 1 heterocycles. The second-order valence-electron chi connectivity index (χ2n) is 5.39. The first-order chi connectivity index (χ1) is 7.72. The molecule has 3 nitrogen and oxygen atoms in total. The number of likely N-dealkylation sites (tertiary alicyclic amines) is 1. The molecule has 16 heavy (non-hydrogen) atoms. The Kier molecular flexibility index (Phi) is 3.85. The highest BCUT2D eigenvalue weighted by Gasteiger charge is 2.41. The molecule has 2 fully saturated rings. The van der Waals surface area contributed by atoms with E-state index in [1.54, 1.807) is 0 Å². The highest BCUT2D eigenvalue weighted by atomic mass is 16.4. The highest BCUT2D eigenvalue weighted by Crippen LogP contribution is 2.37. The minimum absolute atomic E-state index is 0.178. The van der Waals surface area contributed by atoms with Crippen molar-refractivity contribution in [2.24, 2.45) is 11.8 Å². The zero-order valence-corrected chi connectivity index (χ0v) is 10.2. The van der Waals surface area contributed by atoms with Crippen LogP contribution in [0.3, 0.4) is 0 Å². The summed E-state index contributed by atoms with van der Waals surface area (Å²) < 4.78 is 0. The molecule has 1 unspecified atom stereocenters. The first-order valence-electron chi connectivity index (χ1n) is 6.69. The van der Waals surface area contributed by atoms with Crippen molar-refractivity contribution >= 4 is 5.97 Å². The summed E-state index contributed by atoms with van der Waals surface area (Å²) in [6.07, 6.45) is 7.21. The Hall–Kier alpha value is -0.570. The first-order valence-corrected chi connectivity index (χ1v) is 6.69. The molecule has 1 saturated heterocycles. The second kappa shape index (κ2) is 5.17. The van der Waals surface area contributed by atoms with E-state index in [0.29, 0.717) is 5.92 Å². The van der Waals surface area contributed by atoms with E-state index < -0.39 is 5.97 Å². The zero-order chi connectivity index (χ0) is 11.5. The van der Waals surface area contributed by atoms with Crippen molar-refractivity contribution in [1.29, 1.82) is 0 Å². The van der Waals surface area contributed by atoms with E-state index in [9.17, 15) is 9.90 Å². The van der Waals surface area contributed by atoms with E-state index >= 15 is 0 Å². The van der Waals surface area contributed by atoms with E-state index in [1.807, 2.05) is 0 Å². The molecule has 0 aromatic rings. The van der Waals surface area contributed by atoms with Gasteiger partial charge in [-0.25, -0.2) is 0 Å².